The molecule has 0 spiro atoms. The number of amides is 1. The molecular weight excluding hydrogens is 186 g/mol. The fraction of sp³-hybridized carbons (Fsp3) is 0.462. The van der Waals surface area contributed by atoms with Gasteiger partial charge in [-0.1, -0.05) is 31.0 Å². The number of carbonyl (C=O) groups is 1. The lowest BCUT2D eigenvalue weighted by Crippen LogP contribution is -2.18. The van der Waals surface area contributed by atoms with Crippen molar-refractivity contribution in [1.29, 1.82) is 0 Å². The maximum absolute atomic E-state index is 11.9. The van der Waals surface area contributed by atoms with Crippen LogP contribution in [0.25, 0.3) is 0 Å². The van der Waals surface area contributed by atoms with Gasteiger partial charge in [-0.3, -0.25) is 4.79 Å². The maximum Gasteiger partial charge on any atom is 0.232 e. The molecule has 1 N–H and O–H groups in total. The monoisotopic (exact) mass is 201 g/mol. The van der Waals surface area contributed by atoms with Gasteiger partial charge in [0.15, 0.2) is 0 Å². The van der Waals surface area contributed by atoms with E-state index in [1.807, 2.05) is 18.2 Å². The second-order valence-corrected chi connectivity index (χ2v) is 4.60. The van der Waals surface area contributed by atoms with Crippen molar-refractivity contribution in [2.75, 3.05) is 5.32 Å². The van der Waals surface area contributed by atoms with E-state index < -0.39 is 0 Å². The Morgan fingerprint density at radius 3 is 2.67 bits per heavy atom. The van der Waals surface area contributed by atoms with Gasteiger partial charge < -0.3 is 5.32 Å². The van der Waals surface area contributed by atoms with Gasteiger partial charge in [0.25, 0.3) is 0 Å². The van der Waals surface area contributed by atoms with E-state index in [0.717, 1.165) is 5.69 Å². The molecule has 2 aliphatic rings. The van der Waals surface area contributed by atoms with E-state index in [9.17, 15) is 4.79 Å². The summed E-state index contributed by atoms with van der Waals surface area (Å²) >= 11 is 0. The first-order valence-electron chi connectivity index (χ1n) is 5.76. The first kappa shape index (κ1) is 8.96. The van der Waals surface area contributed by atoms with Crippen LogP contribution in [0.2, 0.25) is 0 Å². The predicted molar refractivity (Wildman–Crippen MR) is 59.8 cm³/mol. The molecule has 1 atom stereocenters. The fourth-order valence-electron chi connectivity index (χ4n) is 2.99. The molecule has 1 fully saturated rings. The van der Waals surface area contributed by atoms with E-state index in [1.165, 1.54) is 31.2 Å². The van der Waals surface area contributed by atoms with Crippen molar-refractivity contribution in [3.8, 4) is 0 Å². The molecule has 15 heavy (non-hydrogen) atoms. The van der Waals surface area contributed by atoms with E-state index in [0.29, 0.717) is 5.92 Å². The van der Waals surface area contributed by atoms with Crippen LogP contribution in [0, 0.1) is 5.92 Å². The van der Waals surface area contributed by atoms with Gasteiger partial charge in [0.2, 0.25) is 5.91 Å². The number of nitrogens with one attached hydrogen (secondary N) is 1. The van der Waals surface area contributed by atoms with Crippen molar-refractivity contribution >= 4 is 11.6 Å². The van der Waals surface area contributed by atoms with E-state index in [-0.39, 0.29) is 11.8 Å². The van der Waals surface area contributed by atoms with Crippen molar-refractivity contribution in [2.24, 2.45) is 5.92 Å². The zero-order chi connectivity index (χ0) is 10.3. The molecule has 1 aromatic rings. The SMILES string of the molecule is O=C1Nc2ccccc2C1C1CCCC1. The minimum atomic E-state index is 0.128. The lowest BCUT2D eigenvalue weighted by Gasteiger charge is -2.15. The van der Waals surface area contributed by atoms with Crippen LogP contribution in [-0.2, 0) is 4.79 Å². The van der Waals surface area contributed by atoms with E-state index in [4.69, 9.17) is 0 Å². The molecule has 78 valence electrons. The van der Waals surface area contributed by atoms with Gasteiger partial charge in [0, 0.05) is 5.69 Å². The molecule has 1 saturated carbocycles. The predicted octanol–water partition coefficient (Wildman–Crippen LogP) is 2.91. The van der Waals surface area contributed by atoms with Gasteiger partial charge in [-0.05, 0) is 30.4 Å². The average molecular weight is 201 g/mol. The molecule has 1 aliphatic carbocycles. The number of hydrogen-bond donors (Lipinski definition) is 1. The molecular formula is C13H15NO. The molecule has 2 heteroatoms. The minimum Gasteiger partial charge on any atom is -0.325 e. The first-order valence-corrected chi connectivity index (χ1v) is 5.76. The van der Waals surface area contributed by atoms with Crippen molar-refractivity contribution in [1.82, 2.24) is 0 Å². The summed E-state index contributed by atoms with van der Waals surface area (Å²) < 4.78 is 0. The Labute approximate surface area is 89.7 Å². The number of benzene rings is 1. The molecule has 0 radical (unpaired) electrons. The molecule has 0 aromatic heterocycles. The van der Waals surface area contributed by atoms with Crippen LogP contribution >= 0.6 is 0 Å². The van der Waals surface area contributed by atoms with Crippen molar-refractivity contribution in [3.63, 3.8) is 0 Å². The molecule has 1 aromatic carbocycles. The third-order valence-electron chi connectivity index (χ3n) is 3.71. The summed E-state index contributed by atoms with van der Waals surface area (Å²) in [6.45, 7) is 0. The second kappa shape index (κ2) is 3.37. The minimum absolute atomic E-state index is 0.128. The highest BCUT2D eigenvalue weighted by Gasteiger charge is 2.37. The van der Waals surface area contributed by atoms with Gasteiger partial charge >= 0.3 is 0 Å². The zero-order valence-corrected chi connectivity index (χ0v) is 8.70. The number of fused-ring (bicyclic) bond motifs is 1. The highest BCUT2D eigenvalue weighted by atomic mass is 16.2. The third kappa shape index (κ3) is 1.36. The Kier molecular flexibility index (Phi) is 2.01. The van der Waals surface area contributed by atoms with E-state index >= 15 is 0 Å². The molecule has 3 rings (SSSR count). The first-order chi connectivity index (χ1) is 7.36. The Hall–Kier alpha value is -1.31. The maximum atomic E-state index is 11.9. The lowest BCUT2D eigenvalue weighted by molar-refractivity contribution is -0.118. The molecule has 1 amide bonds. The number of anilines is 1. The van der Waals surface area contributed by atoms with Gasteiger partial charge in [-0.2, -0.15) is 0 Å². The highest BCUT2D eigenvalue weighted by Crippen LogP contribution is 2.43. The Bertz CT molecular complexity index is 393. The van der Waals surface area contributed by atoms with Crippen LogP contribution in [0.15, 0.2) is 24.3 Å². The fourth-order valence-corrected chi connectivity index (χ4v) is 2.99. The van der Waals surface area contributed by atoms with Gasteiger partial charge in [0.1, 0.15) is 0 Å². The van der Waals surface area contributed by atoms with Crippen molar-refractivity contribution in [2.45, 2.75) is 31.6 Å². The number of carbonyl (C=O) groups excluding carboxylic acids is 1. The summed E-state index contributed by atoms with van der Waals surface area (Å²) in [5.41, 5.74) is 2.24. The van der Waals surface area contributed by atoms with Gasteiger partial charge in [-0.25, -0.2) is 0 Å². The lowest BCUT2D eigenvalue weighted by atomic mass is 9.86. The number of para-hydroxylation sites is 1. The Morgan fingerprint density at radius 1 is 1.13 bits per heavy atom. The molecule has 1 heterocycles. The van der Waals surface area contributed by atoms with Gasteiger partial charge in [-0.15, -0.1) is 0 Å². The summed E-state index contributed by atoms with van der Waals surface area (Å²) in [6, 6.07) is 8.11. The Morgan fingerprint density at radius 2 is 1.87 bits per heavy atom. The summed E-state index contributed by atoms with van der Waals surface area (Å²) in [4.78, 5) is 11.9. The standard InChI is InChI=1S/C13H15NO/c15-13-12(9-5-1-2-6-9)10-7-3-4-8-11(10)14-13/h3-4,7-9,12H,1-2,5-6H2,(H,14,15). The van der Waals surface area contributed by atoms with Gasteiger partial charge in [0.05, 0.1) is 5.92 Å². The van der Waals surface area contributed by atoms with E-state index in [1.54, 1.807) is 0 Å². The second-order valence-electron chi connectivity index (χ2n) is 4.60. The van der Waals surface area contributed by atoms with E-state index in [2.05, 4.69) is 11.4 Å². The topological polar surface area (TPSA) is 29.1 Å². The molecule has 1 aliphatic heterocycles. The van der Waals surface area contributed by atoms with Crippen LogP contribution in [0.5, 0.6) is 0 Å². The Balaban J connectivity index is 1.98. The largest absolute Gasteiger partial charge is 0.325 e. The molecule has 0 bridgehead atoms. The summed E-state index contributed by atoms with van der Waals surface area (Å²) in [6.07, 6.45) is 5.01. The zero-order valence-electron chi connectivity index (χ0n) is 8.70. The van der Waals surface area contributed by atoms with Crippen LogP contribution in [0.4, 0.5) is 5.69 Å². The third-order valence-corrected chi connectivity index (χ3v) is 3.71. The molecule has 0 saturated heterocycles. The summed E-state index contributed by atoms with van der Waals surface area (Å²) in [5, 5.41) is 2.99. The van der Waals surface area contributed by atoms with Crippen molar-refractivity contribution in [3.05, 3.63) is 29.8 Å². The molecule has 1 unspecified atom stereocenters. The average Bonchev–Trinajstić information content (AvgIpc) is 2.82. The molecule has 2 nitrogen and oxygen atoms in total. The van der Waals surface area contributed by atoms with Crippen LogP contribution in [0.1, 0.15) is 37.2 Å². The summed E-state index contributed by atoms with van der Waals surface area (Å²) in [7, 11) is 0. The summed E-state index contributed by atoms with van der Waals surface area (Å²) in [5.74, 6) is 0.917. The number of hydrogen-bond acceptors (Lipinski definition) is 1. The van der Waals surface area contributed by atoms with Crippen molar-refractivity contribution < 1.29 is 4.79 Å². The highest BCUT2D eigenvalue weighted by molar-refractivity contribution is 6.03. The smallest absolute Gasteiger partial charge is 0.232 e. The number of rotatable bonds is 1. The quantitative estimate of drug-likeness (QED) is 0.743. The normalized spacial score (nSPS) is 25.3. The van der Waals surface area contributed by atoms with Crippen LogP contribution in [0.3, 0.4) is 0 Å². The van der Waals surface area contributed by atoms with Crippen LogP contribution in [-0.4, -0.2) is 5.91 Å². The van der Waals surface area contributed by atoms with Crippen LogP contribution < -0.4 is 5.32 Å².